The van der Waals surface area contributed by atoms with Gasteiger partial charge in [-0.05, 0) is 61.7 Å². The van der Waals surface area contributed by atoms with Crippen molar-refractivity contribution in [1.29, 1.82) is 0 Å². The molecule has 10 nitrogen and oxygen atoms in total. The summed E-state index contributed by atoms with van der Waals surface area (Å²) in [5, 5.41) is 16.6. The van der Waals surface area contributed by atoms with E-state index in [1.165, 1.54) is 25.0 Å². The van der Waals surface area contributed by atoms with Gasteiger partial charge in [0.05, 0.1) is 36.2 Å². The number of rotatable bonds is 9. The lowest BCUT2D eigenvalue weighted by molar-refractivity contribution is -0.113. The average molecular weight is 596 g/mol. The number of nitrogens with zero attached hydrogens (tertiary/aromatic N) is 3. The third-order valence-corrected chi connectivity index (χ3v) is 8.62. The Morgan fingerprint density at radius 3 is 2.41 bits per heavy atom. The number of ether oxygens (including phenoxy) is 1. The second-order valence-corrected chi connectivity index (χ2v) is 11.3. The number of fused-ring (bicyclic) bond motifs is 3. The number of benzene rings is 3. The highest BCUT2D eigenvalue weighted by atomic mass is 16.7. The molecule has 2 fully saturated rings. The van der Waals surface area contributed by atoms with Gasteiger partial charge in [-0.25, -0.2) is 14.9 Å². The Bertz CT molecular complexity index is 1680. The van der Waals surface area contributed by atoms with E-state index >= 15 is 0 Å². The van der Waals surface area contributed by atoms with E-state index in [1.54, 1.807) is 37.4 Å². The van der Waals surface area contributed by atoms with Crippen LogP contribution in [0.3, 0.4) is 0 Å². The molecule has 0 radical (unpaired) electrons. The lowest BCUT2D eigenvalue weighted by Gasteiger charge is -2.35. The predicted octanol–water partition coefficient (Wildman–Crippen LogP) is 4.58. The number of aromatic amines is 1. The van der Waals surface area contributed by atoms with Gasteiger partial charge < -0.3 is 20.1 Å². The molecule has 44 heavy (non-hydrogen) atoms. The molecule has 0 aliphatic carbocycles. The summed E-state index contributed by atoms with van der Waals surface area (Å²) in [6.07, 6.45) is 2.42. The number of aliphatic imine (C=N–C) groups is 1. The first-order valence-corrected chi connectivity index (χ1v) is 14.9. The van der Waals surface area contributed by atoms with Gasteiger partial charge in [-0.2, -0.15) is 0 Å². The fraction of sp³-hybridized carbons (Fsp3) is 0.324. The summed E-state index contributed by atoms with van der Waals surface area (Å²) in [4.78, 5) is 41.6. The minimum Gasteiger partial charge on any atom is -0.494 e. The summed E-state index contributed by atoms with van der Waals surface area (Å²) >= 11 is 0. The van der Waals surface area contributed by atoms with Crippen molar-refractivity contribution < 1.29 is 24.3 Å². The minimum absolute atomic E-state index is 0.0663. The molecule has 0 spiro atoms. The van der Waals surface area contributed by atoms with E-state index in [0.29, 0.717) is 57.9 Å². The number of aromatic nitrogens is 1. The molecular formula is C34H37N5O5. The normalized spacial score (nSPS) is 18.5. The number of amides is 1. The number of piperazine rings is 1. The number of aryl methyl sites for hydroxylation is 1. The van der Waals surface area contributed by atoms with E-state index in [9.17, 15) is 14.7 Å². The zero-order chi connectivity index (χ0) is 30.8. The second-order valence-electron chi connectivity index (χ2n) is 11.3. The van der Waals surface area contributed by atoms with Gasteiger partial charge in [0, 0.05) is 60.8 Å². The molecule has 2 aliphatic heterocycles. The van der Waals surface area contributed by atoms with E-state index < -0.39 is 5.97 Å². The lowest BCUT2D eigenvalue weighted by atomic mass is 9.98. The van der Waals surface area contributed by atoms with Gasteiger partial charge in [0.25, 0.3) is 5.91 Å². The SMILES string of the molecule is COC(=O)c1cc2[nH]c(O)c(C(=Nc3ccc(C(=O)N(C)OCCN4C5CCC4CNC5)cc3)c3ccccc3)c2cc1C. The third kappa shape index (κ3) is 5.84. The van der Waals surface area contributed by atoms with Gasteiger partial charge in [0.2, 0.25) is 0 Å². The molecule has 3 N–H and O–H groups in total. The lowest BCUT2D eigenvalue weighted by Crippen LogP contribution is -2.52. The number of hydroxylamine groups is 2. The minimum atomic E-state index is -0.450. The van der Waals surface area contributed by atoms with Crippen molar-refractivity contribution in [3.8, 4) is 5.88 Å². The molecule has 2 saturated heterocycles. The first-order chi connectivity index (χ1) is 21.3. The Morgan fingerprint density at radius 2 is 1.73 bits per heavy atom. The highest BCUT2D eigenvalue weighted by molar-refractivity contribution is 6.22. The van der Waals surface area contributed by atoms with Crippen LogP contribution in [0.2, 0.25) is 0 Å². The molecule has 2 unspecified atom stereocenters. The van der Waals surface area contributed by atoms with E-state index in [1.807, 2.05) is 43.3 Å². The predicted molar refractivity (Wildman–Crippen MR) is 169 cm³/mol. The molecule has 6 rings (SSSR count). The summed E-state index contributed by atoms with van der Waals surface area (Å²) in [6, 6.07) is 21.2. The van der Waals surface area contributed by atoms with Gasteiger partial charge in [-0.1, -0.05) is 30.3 Å². The van der Waals surface area contributed by atoms with Crippen LogP contribution in [-0.4, -0.2) is 90.1 Å². The first-order valence-electron chi connectivity index (χ1n) is 14.9. The number of esters is 1. The van der Waals surface area contributed by atoms with Crippen molar-refractivity contribution in [2.75, 3.05) is 40.4 Å². The first kappa shape index (κ1) is 29.6. The maximum Gasteiger partial charge on any atom is 0.338 e. The van der Waals surface area contributed by atoms with Gasteiger partial charge in [0.1, 0.15) is 0 Å². The van der Waals surface area contributed by atoms with Crippen LogP contribution in [0.1, 0.15) is 50.2 Å². The number of hydrogen-bond acceptors (Lipinski definition) is 8. The molecule has 3 heterocycles. The van der Waals surface area contributed by atoms with Crippen molar-refractivity contribution in [1.82, 2.24) is 20.3 Å². The number of methoxy groups -OCH3 is 1. The third-order valence-electron chi connectivity index (χ3n) is 8.62. The van der Waals surface area contributed by atoms with Crippen LogP contribution in [0.5, 0.6) is 5.88 Å². The molecule has 2 bridgehead atoms. The van der Waals surface area contributed by atoms with Crippen LogP contribution >= 0.6 is 0 Å². The van der Waals surface area contributed by atoms with Crippen LogP contribution in [0.25, 0.3) is 10.9 Å². The Kier molecular flexibility index (Phi) is 8.47. The summed E-state index contributed by atoms with van der Waals surface area (Å²) in [7, 11) is 2.98. The van der Waals surface area contributed by atoms with E-state index in [-0.39, 0.29) is 11.8 Å². The van der Waals surface area contributed by atoms with Gasteiger partial charge in [0.15, 0.2) is 5.88 Å². The van der Waals surface area contributed by atoms with E-state index in [2.05, 4.69) is 15.2 Å². The summed E-state index contributed by atoms with van der Waals surface area (Å²) < 4.78 is 4.92. The standard InChI is InChI=1S/C34H37N5O5/c1-21-17-28-29(18-27(21)34(42)43-3)37-32(40)30(28)31(22-7-5-4-6-8-22)36-24-11-9-23(10-12-24)33(41)38(2)44-16-15-39-25-13-14-26(39)20-35-19-25/h4-12,17-18,25-26,35,37,40H,13-16,19-20H2,1-3H3. The number of carbonyl (C=O) groups excluding carboxylic acids is 2. The van der Waals surface area contributed by atoms with Gasteiger partial charge in [-0.3, -0.25) is 14.5 Å². The number of H-pyrrole nitrogens is 1. The molecular weight excluding hydrogens is 558 g/mol. The average Bonchev–Trinajstić information content (AvgIpc) is 3.46. The molecule has 0 saturated carbocycles. The summed E-state index contributed by atoms with van der Waals surface area (Å²) in [5.74, 6) is -0.754. The quantitative estimate of drug-likeness (QED) is 0.147. The van der Waals surface area contributed by atoms with Crippen LogP contribution in [0.4, 0.5) is 5.69 Å². The Hall–Kier alpha value is -4.51. The number of hydrogen-bond donors (Lipinski definition) is 3. The molecule has 228 valence electrons. The van der Waals surface area contributed by atoms with Crippen molar-refractivity contribution in [2.24, 2.45) is 4.99 Å². The van der Waals surface area contributed by atoms with Crippen molar-refractivity contribution >= 4 is 34.2 Å². The largest absolute Gasteiger partial charge is 0.494 e. The van der Waals surface area contributed by atoms with E-state index in [4.69, 9.17) is 14.6 Å². The molecule has 10 heteroatoms. The zero-order valence-corrected chi connectivity index (χ0v) is 25.2. The smallest absolute Gasteiger partial charge is 0.338 e. The fourth-order valence-electron chi connectivity index (χ4n) is 6.33. The molecule has 1 aromatic heterocycles. The molecule has 2 aliphatic rings. The van der Waals surface area contributed by atoms with Crippen molar-refractivity contribution in [3.63, 3.8) is 0 Å². The van der Waals surface area contributed by atoms with Crippen molar-refractivity contribution in [3.05, 3.63) is 94.5 Å². The maximum absolute atomic E-state index is 13.1. The van der Waals surface area contributed by atoms with Crippen LogP contribution in [0, 0.1) is 6.92 Å². The monoisotopic (exact) mass is 595 g/mol. The number of carbonyl (C=O) groups is 2. The highest BCUT2D eigenvalue weighted by Crippen LogP contribution is 2.33. The molecule has 1 amide bonds. The van der Waals surface area contributed by atoms with Gasteiger partial charge >= 0.3 is 5.97 Å². The Morgan fingerprint density at radius 1 is 1.02 bits per heavy atom. The zero-order valence-electron chi connectivity index (χ0n) is 25.2. The second kappa shape index (κ2) is 12.6. The number of aromatic hydroxyl groups is 1. The summed E-state index contributed by atoms with van der Waals surface area (Å²) in [5.41, 5.74) is 4.65. The Balaban J connectivity index is 1.23. The maximum atomic E-state index is 13.1. The van der Waals surface area contributed by atoms with E-state index in [0.717, 1.165) is 30.6 Å². The molecule has 4 aromatic rings. The highest BCUT2D eigenvalue weighted by Gasteiger charge is 2.36. The number of nitrogens with one attached hydrogen (secondary N) is 2. The summed E-state index contributed by atoms with van der Waals surface area (Å²) in [6.45, 7) is 5.11. The van der Waals surface area contributed by atoms with Crippen LogP contribution < -0.4 is 5.32 Å². The topological polar surface area (TPSA) is 119 Å². The van der Waals surface area contributed by atoms with Gasteiger partial charge in [-0.15, -0.1) is 0 Å². The fourth-order valence-corrected chi connectivity index (χ4v) is 6.33. The van der Waals surface area contributed by atoms with Crippen LogP contribution in [0.15, 0.2) is 71.7 Å². The molecule has 2 atom stereocenters. The molecule has 3 aromatic carbocycles. The van der Waals surface area contributed by atoms with Crippen molar-refractivity contribution in [2.45, 2.75) is 31.8 Å². The van der Waals surface area contributed by atoms with Crippen LogP contribution in [-0.2, 0) is 9.57 Å². The Labute approximate surface area is 256 Å².